The molecular formula is C32H32ClN3O3. The zero-order chi connectivity index (χ0) is 27.8. The summed E-state index contributed by atoms with van der Waals surface area (Å²) >= 11 is 6.41. The van der Waals surface area contributed by atoms with Gasteiger partial charge in [-0.1, -0.05) is 53.6 Å². The smallest absolute Gasteiger partial charge is 0.253 e. The van der Waals surface area contributed by atoms with E-state index in [1.165, 1.54) is 11.1 Å². The fraction of sp³-hybridized carbons (Fsp3) is 0.250. The summed E-state index contributed by atoms with van der Waals surface area (Å²) in [6.45, 7) is 4.68. The van der Waals surface area contributed by atoms with Crippen LogP contribution in [-0.2, 0) is 13.0 Å². The van der Waals surface area contributed by atoms with Crippen molar-refractivity contribution < 1.29 is 14.3 Å². The molecule has 39 heavy (non-hydrogen) atoms. The van der Waals surface area contributed by atoms with Crippen LogP contribution in [-0.4, -0.2) is 23.7 Å². The molecule has 1 amide bonds. The van der Waals surface area contributed by atoms with Gasteiger partial charge in [-0.25, -0.2) is 0 Å². The molecule has 3 N–H and O–H groups in total. The van der Waals surface area contributed by atoms with Gasteiger partial charge in [-0.05, 0) is 80.3 Å². The average molecular weight is 542 g/mol. The van der Waals surface area contributed by atoms with E-state index in [1.54, 1.807) is 24.3 Å². The van der Waals surface area contributed by atoms with E-state index in [9.17, 15) is 9.90 Å². The molecule has 6 nitrogen and oxygen atoms in total. The van der Waals surface area contributed by atoms with E-state index in [2.05, 4.69) is 54.8 Å². The molecule has 3 aromatic carbocycles. The van der Waals surface area contributed by atoms with Crippen LogP contribution >= 0.6 is 11.6 Å². The molecule has 2 atom stereocenters. The molecule has 1 heterocycles. The number of aliphatic hydroxyl groups is 1. The number of carbonyl (C=O) groups excluding carboxylic acids is 1. The van der Waals surface area contributed by atoms with Crippen molar-refractivity contribution in [1.29, 1.82) is 5.26 Å². The zero-order valence-corrected chi connectivity index (χ0v) is 22.8. The highest BCUT2D eigenvalue weighted by atomic mass is 35.5. The second kappa shape index (κ2) is 13.3. The number of nitrogens with one attached hydrogen (secondary N) is 2. The van der Waals surface area contributed by atoms with Crippen molar-refractivity contribution in [3.8, 4) is 17.4 Å². The summed E-state index contributed by atoms with van der Waals surface area (Å²) in [7, 11) is 0. The monoisotopic (exact) mass is 541 g/mol. The van der Waals surface area contributed by atoms with Crippen molar-refractivity contribution >= 4 is 17.5 Å². The summed E-state index contributed by atoms with van der Waals surface area (Å²) < 4.78 is 6.07. The average Bonchev–Trinajstić information content (AvgIpc) is 3.42. The number of nitriles is 1. The van der Waals surface area contributed by atoms with Gasteiger partial charge in [0.2, 0.25) is 0 Å². The van der Waals surface area contributed by atoms with Crippen LogP contribution in [0.15, 0.2) is 83.3 Å². The summed E-state index contributed by atoms with van der Waals surface area (Å²) in [6.07, 6.45) is 0.906. The lowest BCUT2D eigenvalue weighted by molar-refractivity contribution is 0.0930. The van der Waals surface area contributed by atoms with Gasteiger partial charge in [0.15, 0.2) is 0 Å². The van der Waals surface area contributed by atoms with Gasteiger partial charge in [0, 0.05) is 24.3 Å². The Balaban J connectivity index is 1.42. The molecule has 0 saturated carbocycles. The largest absolute Gasteiger partial charge is 0.460 e. The molecule has 7 heteroatoms. The first-order chi connectivity index (χ1) is 18.9. The molecule has 0 spiro atoms. The number of rotatable bonds is 11. The standard InChI is InChI=1S/C32H32ClN3O3/c1-21-3-9-25(10-4-21)22(2)35-20-28-12-14-31(39-28)26-11-13-30(33)29(18-26)32(38)36-27(15-16-37)17-23-5-7-24(19-34)8-6-23/h3-14,18,22,27,35,37H,15-17,20H2,1-2H3,(H,36,38)/t22-,27+/m1/s1. The Morgan fingerprint density at radius 3 is 2.49 bits per heavy atom. The SMILES string of the molecule is Cc1ccc([C@@H](C)NCc2ccc(-c3ccc(Cl)c(C(=O)N[C@@H](CCO)Cc4ccc(C#N)cc4)c3)o2)cc1. The third kappa shape index (κ3) is 7.58. The Morgan fingerprint density at radius 2 is 1.79 bits per heavy atom. The number of amides is 1. The number of furan rings is 1. The number of aliphatic hydroxyl groups excluding tert-OH is 1. The Labute approximate surface area is 234 Å². The Hall–Kier alpha value is -3.89. The van der Waals surface area contributed by atoms with Crippen LogP contribution in [0, 0.1) is 18.3 Å². The van der Waals surface area contributed by atoms with Crippen molar-refractivity contribution in [2.75, 3.05) is 6.61 Å². The molecule has 0 aliphatic carbocycles. The van der Waals surface area contributed by atoms with E-state index < -0.39 is 0 Å². The predicted molar refractivity (Wildman–Crippen MR) is 153 cm³/mol. The lowest BCUT2D eigenvalue weighted by Crippen LogP contribution is -2.37. The second-order valence-corrected chi connectivity index (χ2v) is 10.1. The maximum Gasteiger partial charge on any atom is 0.253 e. The summed E-state index contributed by atoms with van der Waals surface area (Å²) in [6, 6.07) is 26.7. The van der Waals surface area contributed by atoms with Crippen LogP contribution < -0.4 is 10.6 Å². The lowest BCUT2D eigenvalue weighted by Gasteiger charge is -2.19. The zero-order valence-electron chi connectivity index (χ0n) is 22.1. The number of halogens is 1. The molecule has 0 aliphatic rings. The molecule has 0 unspecified atom stereocenters. The number of aryl methyl sites for hydroxylation is 1. The van der Waals surface area contributed by atoms with Crippen LogP contribution in [0.1, 0.15) is 57.8 Å². The minimum Gasteiger partial charge on any atom is -0.460 e. The molecule has 200 valence electrons. The highest BCUT2D eigenvalue weighted by Gasteiger charge is 2.18. The van der Waals surface area contributed by atoms with Crippen molar-refractivity contribution in [3.63, 3.8) is 0 Å². The van der Waals surface area contributed by atoms with Crippen LogP contribution in [0.2, 0.25) is 5.02 Å². The summed E-state index contributed by atoms with van der Waals surface area (Å²) in [5, 5.41) is 25.4. The van der Waals surface area contributed by atoms with Gasteiger partial charge in [-0.3, -0.25) is 4.79 Å². The molecule has 1 aromatic heterocycles. The number of nitrogens with zero attached hydrogens (tertiary/aromatic N) is 1. The molecule has 0 aliphatic heterocycles. The topological polar surface area (TPSA) is 98.3 Å². The number of hydrogen-bond acceptors (Lipinski definition) is 5. The maximum atomic E-state index is 13.2. The van der Waals surface area contributed by atoms with E-state index in [0.29, 0.717) is 41.3 Å². The van der Waals surface area contributed by atoms with Crippen LogP contribution in [0.4, 0.5) is 0 Å². The summed E-state index contributed by atoms with van der Waals surface area (Å²) in [5.41, 5.74) is 5.05. The van der Waals surface area contributed by atoms with Gasteiger partial charge in [-0.2, -0.15) is 5.26 Å². The Kier molecular flexibility index (Phi) is 9.56. The second-order valence-electron chi connectivity index (χ2n) is 9.67. The van der Waals surface area contributed by atoms with Crippen LogP contribution in [0.5, 0.6) is 0 Å². The fourth-order valence-electron chi connectivity index (χ4n) is 4.35. The van der Waals surface area contributed by atoms with Crippen LogP contribution in [0.25, 0.3) is 11.3 Å². The van der Waals surface area contributed by atoms with Gasteiger partial charge in [-0.15, -0.1) is 0 Å². The predicted octanol–water partition coefficient (Wildman–Crippen LogP) is 6.35. The highest BCUT2D eigenvalue weighted by Crippen LogP contribution is 2.27. The van der Waals surface area contributed by atoms with Crippen LogP contribution in [0.3, 0.4) is 0 Å². The van der Waals surface area contributed by atoms with E-state index in [4.69, 9.17) is 21.3 Å². The van der Waals surface area contributed by atoms with E-state index in [0.717, 1.165) is 16.9 Å². The summed E-state index contributed by atoms with van der Waals surface area (Å²) in [4.78, 5) is 13.2. The van der Waals surface area contributed by atoms with Gasteiger partial charge in [0.25, 0.3) is 5.91 Å². The van der Waals surface area contributed by atoms with Gasteiger partial charge in [0.1, 0.15) is 11.5 Å². The first-order valence-corrected chi connectivity index (χ1v) is 13.3. The maximum absolute atomic E-state index is 13.2. The van der Waals surface area contributed by atoms with Gasteiger partial charge < -0.3 is 20.2 Å². The first-order valence-electron chi connectivity index (χ1n) is 13.0. The number of carbonyl (C=O) groups is 1. The van der Waals surface area contributed by atoms with E-state index in [1.807, 2.05) is 30.3 Å². The number of benzene rings is 3. The third-order valence-electron chi connectivity index (χ3n) is 6.69. The minimum absolute atomic E-state index is 0.0687. The lowest BCUT2D eigenvalue weighted by atomic mass is 10.0. The normalized spacial score (nSPS) is 12.5. The molecule has 0 fully saturated rings. The molecule has 4 rings (SSSR count). The molecule has 0 radical (unpaired) electrons. The van der Waals surface area contributed by atoms with Gasteiger partial charge >= 0.3 is 0 Å². The molecular weight excluding hydrogens is 510 g/mol. The van der Waals surface area contributed by atoms with Crippen molar-refractivity contribution in [1.82, 2.24) is 10.6 Å². The third-order valence-corrected chi connectivity index (χ3v) is 7.02. The Bertz CT molecular complexity index is 1440. The van der Waals surface area contributed by atoms with E-state index in [-0.39, 0.29) is 24.6 Å². The fourth-order valence-corrected chi connectivity index (χ4v) is 4.55. The first kappa shape index (κ1) is 28.1. The minimum atomic E-state index is -0.325. The highest BCUT2D eigenvalue weighted by molar-refractivity contribution is 6.34. The summed E-state index contributed by atoms with van der Waals surface area (Å²) in [5.74, 6) is 1.11. The van der Waals surface area contributed by atoms with Crippen molar-refractivity contribution in [3.05, 3.63) is 117 Å². The molecule has 0 bridgehead atoms. The van der Waals surface area contributed by atoms with E-state index >= 15 is 0 Å². The number of hydrogen-bond donors (Lipinski definition) is 3. The molecule has 4 aromatic rings. The molecule has 0 saturated heterocycles. The van der Waals surface area contributed by atoms with Gasteiger partial charge in [0.05, 0.1) is 28.8 Å². The van der Waals surface area contributed by atoms with Crippen molar-refractivity contribution in [2.24, 2.45) is 0 Å². The quantitative estimate of drug-likeness (QED) is 0.205. The van der Waals surface area contributed by atoms with Crippen molar-refractivity contribution in [2.45, 2.75) is 45.3 Å². The Morgan fingerprint density at radius 1 is 1.05 bits per heavy atom.